The third-order valence-corrected chi connectivity index (χ3v) is 4.61. The van der Waals surface area contributed by atoms with Gasteiger partial charge in [0.05, 0.1) is 6.33 Å². The van der Waals surface area contributed by atoms with Crippen LogP contribution in [0.3, 0.4) is 0 Å². The lowest BCUT2D eigenvalue weighted by atomic mass is 10.0. The average Bonchev–Trinajstić information content (AvgIpc) is 3.34. The molecule has 7 nitrogen and oxygen atoms in total. The fourth-order valence-corrected chi connectivity index (χ4v) is 3.34. The molecule has 1 unspecified atom stereocenters. The van der Waals surface area contributed by atoms with Gasteiger partial charge >= 0.3 is 0 Å². The predicted octanol–water partition coefficient (Wildman–Crippen LogP) is 2.97. The minimum Gasteiger partial charge on any atom is -0.503 e. The third kappa shape index (κ3) is 3.75. The van der Waals surface area contributed by atoms with E-state index in [0.717, 1.165) is 44.2 Å². The Morgan fingerprint density at radius 3 is 2.80 bits per heavy atom. The molecular weight excluding hydrogens is 318 g/mol. The van der Waals surface area contributed by atoms with Gasteiger partial charge in [-0.1, -0.05) is 19.8 Å². The van der Waals surface area contributed by atoms with Crippen LogP contribution in [0.5, 0.6) is 0 Å². The Bertz CT molecular complexity index is 706. The molecule has 3 rings (SSSR count). The van der Waals surface area contributed by atoms with Gasteiger partial charge in [-0.05, 0) is 19.3 Å². The number of aromatic nitrogens is 4. The zero-order valence-corrected chi connectivity index (χ0v) is 14.6. The first-order valence-corrected chi connectivity index (χ1v) is 8.90. The number of imidazole rings is 2. The number of hydrogen-bond acceptors (Lipinski definition) is 4. The first-order valence-electron chi connectivity index (χ1n) is 8.90. The van der Waals surface area contributed by atoms with Crippen molar-refractivity contribution in [2.24, 2.45) is 0 Å². The maximum atomic E-state index is 12.6. The van der Waals surface area contributed by atoms with E-state index >= 15 is 0 Å². The number of aryl methyl sites for hydroxylation is 1. The van der Waals surface area contributed by atoms with Gasteiger partial charge in [-0.25, -0.2) is 9.97 Å². The highest BCUT2D eigenvalue weighted by Crippen LogP contribution is 2.38. The standard InChI is InChI=1S/C18H25N5O2/c1-2-3-4-6-14-15(17-20-7-8-21-17)23(18(25)16(14)24)11-5-10-22-12-9-19-13-22/h7-9,12-13,15,24H,2-6,10-11H2,1H3,(H,20,21). The molecule has 0 fully saturated rings. The van der Waals surface area contributed by atoms with Gasteiger partial charge in [0.1, 0.15) is 11.9 Å². The largest absolute Gasteiger partial charge is 0.503 e. The van der Waals surface area contributed by atoms with E-state index in [1.807, 2.05) is 10.8 Å². The van der Waals surface area contributed by atoms with Gasteiger partial charge in [-0.2, -0.15) is 0 Å². The molecule has 0 aliphatic carbocycles. The first-order chi connectivity index (χ1) is 12.2. The van der Waals surface area contributed by atoms with Crippen molar-refractivity contribution in [3.8, 4) is 0 Å². The zero-order valence-electron chi connectivity index (χ0n) is 14.6. The molecule has 1 amide bonds. The van der Waals surface area contributed by atoms with Crippen molar-refractivity contribution in [1.82, 2.24) is 24.4 Å². The number of aromatic amines is 1. The molecule has 134 valence electrons. The van der Waals surface area contributed by atoms with E-state index in [2.05, 4.69) is 21.9 Å². The summed E-state index contributed by atoms with van der Waals surface area (Å²) >= 11 is 0. The quantitative estimate of drug-likeness (QED) is 0.685. The highest BCUT2D eigenvalue weighted by molar-refractivity contribution is 5.95. The van der Waals surface area contributed by atoms with Gasteiger partial charge < -0.3 is 19.6 Å². The predicted molar refractivity (Wildman–Crippen MR) is 93.7 cm³/mol. The van der Waals surface area contributed by atoms with E-state index in [9.17, 15) is 9.90 Å². The van der Waals surface area contributed by atoms with E-state index in [-0.39, 0.29) is 17.7 Å². The Kier molecular flexibility index (Phi) is 5.53. The summed E-state index contributed by atoms with van der Waals surface area (Å²) in [5.41, 5.74) is 0.788. The second kappa shape index (κ2) is 8.00. The van der Waals surface area contributed by atoms with Crippen LogP contribution in [0.1, 0.15) is 50.9 Å². The lowest BCUT2D eigenvalue weighted by Crippen LogP contribution is -2.32. The van der Waals surface area contributed by atoms with Crippen LogP contribution in [-0.4, -0.2) is 42.0 Å². The number of carbonyl (C=O) groups excluding carboxylic acids is 1. The molecular formula is C18H25N5O2. The molecule has 7 heteroatoms. The Labute approximate surface area is 147 Å². The molecule has 25 heavy (non-hydrogen) atoms. The van der Waals surface area contributed by atoms with Crippen LogP contribution < -0.4 is 0 Å². The van der Waals surface area contributed by atoms with Crippen LogP contribution >= 0.6 is 0 Å². The summed E-state index contributed by atoms with van der Waals surface area (Å²) in [6.45, 7) is 3.48. The number of amides is 1. The highest BCUT2D eigenvalue weighted by Gasteiger charge is 2.40. The lowest BCUT2D eigenvalue weighted by molar-refractivity contribution is -0.129. The number of hydrogen-bond donors (Lipinski definition) is 2. The van der Waals surface area contributed by atoms with E-state index in [1.54, 1.807) is 29.8 Å². The average molecular weight is 343 g/mol. The second-order valence-corrected chi connectivity index (χ2v) is 6.36. The van der Waals surface area contributed by atoms with Crippen molar-refractivity contribution < 1.29 is 9.90 Å². The summed E-state index contributed by atoms with van der Waals surface area (Å²) in [6.07, 6.45) is 13.5. The van der Waals surface area contributed by atoms with Crippen LogP contribution in [0, 0.1) is 0 Å². The zero-order chi connectivity index (χ0) is 17.6. The van der Waals surface area contributed by atoms with E-state index in [4.69, 9.17) is 0 Å². The Balaban J connectivity index is 1.73. The summed E-state index contributed by atoms with van der Waals surface area (Å²) in [7, 11) is 0. The third-order valence-electron chi connectivity index (χ3n) is 4.61. The molecule has 0 saturated carbocycles. The van der Waals surface area contributed by atoms with Crippen molar-refractivity contribution in [2.45, 2.75) is 51.6 Å². The number of H-pyrrole nitrogens is 1. The monoisotopic (exact) mass is 343 g/mol. The van der Waals surface area contributed by atoms with Gasteiger partial charge in [0, 0.05) is 43.4 Å². The van der Waals surface area contributed by atoms with Gasteiger partial charge in [0.25, 0.3) is 5.91 Å². The molecule has 0 aromatic carbocycles. The Morgan fingerprint density at radius 2 is 2.12 bits per heavy atom. The van der Waals surface area contributed by atoms with Crippen molar-refractivity contribution >= 4 is 5.91 Å². The normalized spacial score (nSPS) is 17.7. The molecule has 1 aliphatic rings. The number of nitrogens with zero attached hydrogens (tertiary/aromatic N) is 4. The molecule has 0 saturated heterocycles. The molecule has 2 N–H and O–H groups in total. The Morgan fingerprint density at radius 1 is 1.24 bits per heavy atom. The number of aliphatic hydroxyl groups excluding tert-OH is 1. The van der Waals surface area contributed by atoms with E-state index in [1.165, 1.54) is 0 Å². The van der Waals surface area contributed by atoms with E-state index < -0.39 is 0 Å². The molecule has 3 heterocycles. The molecule has 1 aliphatic heterocycles. The van der Waals surface area contributed by atoms with Crippen molar-refractivity contribution in [2.75, 3.05) is 6.54 Å². The number of aliphatic hydroxyl groups is 1. The number of carbonyl (C=O) groups is 1. The van der Waals surface area contributed by atoms with Gasteiger partial charge in [-0.15, -0.1) is 0 Å². The minimum absolute atomic E-state index is 0.0971. The molecule has 1 atom stereocenters. The summed E-state index contributed by atoms with van der Waals surface area (Å²) in [5.74, 6) is 0.324. The molecule has 0 spiro atoms. The van der Waals surface area contributed by atoms with E-state index in [0.29, 0.717) is 12.4 Å². The second-order valence-electron chi connectivity index (χ2n) is 6.36. The summed E-state index contributed by atoms with van der Waals surface area (Å²) < 4.78 is 1.98. The summed E-state index contributed by atoms with van der Waals surface area (Å²) in [5, 5.41) is 10.4. The van der Waals surface area contributed by atoms with Crippen molar-refractivity contribution in [1.29, 1.82) is 0 Å². The topological polar surface area (TPSA) is 87.0 Å². The van der Waals surface area contributed by atoms with Gasteiger partial charge in [0.2, 0.25) is 0 Å². The van der Waals surface area contributed by atoms with Crippen LogP contribution in [0.15, 0.2) is 42.4 Å². The maximum absolute atomic E-state index is 12.6. The van der Waals surface area contributed by atoms with Crippen molar-refractivity contribution in [3.63, 3.8) is 0 Å². The molecule has 0 radical (unpaired) electrons. The lowest BCUT2D eigenvalue weighted by Gasteiger charge is -2.25. The van der Waals surface area contributed by atoms with Crippen LogP contribution in [-0.2, 0) is 11.3 Å². The number of nitrogens with one attached hydrogen (secondary N) is 1. The molecule has 0 bridgehead atoms. The molecule has 2 aromatic rings. The number of unbranched alkanes of at least 4 members (excludes halogenated alkanes) is 2. The van der Waals surface area contributed by atoms with Gasteiger partial charge in [-0.3, -0.25) is 4.79 Å². The Hall–Kier alpha value is -2.57. The fraction of sp³-hybridized carbons (Fsp3) is 0.500. The maximum Gasteiger partial charge on any atom is 0.289 e. The summed E-state index contributed by atoms with van der Waals surface area (Å²) in [6, 6.07) is -0.290. The van der Waals surface area contributed by atoms with Gasteiger partial charge in [0.15, 0.2) is 5.76 Å². The number of rotatable bonds is 9. The smallest absolute Gasteiger partial charge is 0.289 e. The first kappa shape index (κ1) is 17.3. The summed E-state index contributed by atoms with van der Waals surface area (Å²) in [4.78, 5) is 25.8. The van der Waals surface area contributed by atoms with Crippen LogP contribution in [0.4, 0.5) is 0 Å². The minimum atomic E-state index is -0.293. The highest BCUT2D eigenvalue weighted by atomic mass is 16.3. The van der Waals surface area contributed by atoms with Crippen LogP contribution in [0.25, 0.3) is 0 Å². The fourth-order valence-electron chi connectivity index (χ4n) is 3.34. The van der Waals surface area contributed by atoms with Crippen molar-refractivity contribution in [3.05, 3.63) is 48.3 Å². The molecule has 2 aromatic heterocycles. The van der Waals surface area contributed by atoms with Crippen LogP contribution in [0.2, 0.25) is 0 Å². The SMILES string of the molecule is CCCCCC1=C(O)C(=O)N(CCCn2ccnc2)C1c1ncc[nH]1.